The van der Waals surface area contributed by atoms with Gasteiger partial charge < -0.3 is 15.0 Å². The number of ether oxygens (including phenoxy) is 1. The number of amides is 2. The topological polar surface area (TPSA) is 136 Å². The van der Waals surface area contributed by atoms with Crippen molar-refractivity contribution in [2.24, 2.45) is 16.1 Å². The van der Waals surface area contributed by atoms with Gasteiger partial charge in [-0.2, -0.15) is 0 Å². The average Bonchev–Trinajstić information content (AvgIpc) is 3.78. The van der Waals surface area contributed by atoms with Crippen molar-refractivity contribution in [1.29, 1.82) is 0 Å². The fourth-order valence-corrected chi connectivity index (χ4v) is 7.39. The number of anilines is 1. The molecule has 4 aliphatic heterocycles. The van der Waals surface area contributed by atoms with E-state index in [0.29, 0.717) is 61.6 Å². The molecule has 1 aliphatic carbocycles. The quantitative estimate of drug-likeness (QED) is 0.302. The Morgan fingerprint density at radius 1 is 0.980 bits per heavy atom. The van der Waals surface area contributed by atoms with E-state index < -0.39 is 5.60 Å². The molecule has 12 nitrogen and oxygen atoms in total. The lowest BCUT2D eigenvalue weighted by Crippen LogP contribution is -2.48. The molecule has 2 saturated heterocycles. The largest absolute Gasteiger partial charge is 0.367 e. The molecular formula is C38H40N8O4. The van der Waals surface area contributed by atoms with Crippen LogP contribution in [0.25, 0.3) is 17.1 Å². The van der Waals surface area contributed by atoms with E-state index in [0.717, 1.165) is 53.8 Å². The summed E-state index contributed by atoms with van der Waals surface area (Å²) in [6.45, 7) is 2.58. The molecule has 5 aliphatic rings. The molecule has 8 rings (SSSR count). The standard InChI is InChI=1S/C38H40N8O4/c1-50-38(37(48)41-30-9-10-32-31(22-30)35(43-42-32)29-13-19-46(49)33(21-29)27-5-6-27)14-20-44(24-38)23-34(47)45-17-11-26(12-18-45)25-3-7-28(8-4-25)36-39-15-2-16-40-36/h2-4,7-10,13,15-16,19,21-22,26-27,49H,5-6,11-12,14,17-18,20,23-24H2,1H3,(H,41,48)/b35-29+/t38-/m0/s1. The van der Waals surface area contributed by atoms with Crippen LogP contribution in [0.2, 0.25) is 0 Å². The molecule has 0 radical (unpaired) electrons. The van der Waals surface area contributed by atoms with Gasteiger partial charge in [-0.1, -0.05) is 24.3 Å². The fraction of sp³-hybridized carbons (Fsp3) is 0.368. The average molecular weight is 673 g/mol. The minimum absolute atomic E-state index is 0.0824. The number of nitrogens with zero attached hydrogens (tertiary/aromatic N) is 7. The smallest absolute Gasteiger partial charge is 0.258 e. The van der Waals surface area contributed by atoms with Crippen molar-refractivity contribution in [2.45, 2.75) is 43.6 Å². The normalized spacial score (nSPS) is 23.7. The van der Waals surface area contributed by atoms with Crippen LogP contribution in [0.4, 0.5) is 11.4 Å². The van der Waals surface area contributed by atoms with Gasteiger partial charge in [0.1, 0.15) is 5.70 Å². The van der Waals surface area contributed by atoms with Crippen molar-refractivity contribution in [1.82, 2.24) is 24.8 Å². The lowest BCUT2D eigenvalue weighted by atomic mass is 9.89. The van der Waals surface area contributed by atoms with Gasteiger partial charge in [0, 0.05) is 85.9 Å². The van der Waals surface area contributed by atoms with Gasteiger partial charge in [0.05, 0.1) is 12.2 Å². The Kier molecular flexibility index (Phi) is 8.59. The molecule has 2 aromatic carbocycles. The summed E-state index contributed by atoms with van der Waals surface area (Å²) in [7, 11) is 1.56. The van der Waals surface area contributed by atoms with E-state index in [9.17, 15) is 14.8 Å². The number of hydrogen-bond acceptors (Lipinski definition) is 10. The number of carbonyl (C=O) groups excluding carboxylic acids is 2. The summed E-state index contributed by atoms with van der Waals surface area (Å²) in [5.41, 5.74) is 5.77. The van der Waals surface area contributed by atoms with Crippen molar-refractivity contribution >= 4 is 28.9 Å². The summed E-state index contributed by atoms with van der Waals surface area (Å²) in [6.07, 6.45) is 13.3. The fourth-order valence-electron chi connectivity index (χ4n) is 7.39. The van der Waals surface area contributed by atoms with Crippen molar-refractivity contribution < 1.29 is 19.5 Å². The maximum atomic E-state index is 13.7. The van der Waals surface area contributed by atoms with Gasteiger partial charge in [-0.15, -0.1) is 10.2 Å². The lowest BCUT2D eigenvalue weighted by molar-refractivity contribution is -0.138. The first-order chi connectivity index (χ1) is 24.4. The Morgan fingerprint density at radius 2 is 1.76 bits per heavy atom. The highest BCUT2D eigenvalue weighted by Crippen LogP contribution is 2.44. The molecule has 256 valence electrons. The first-order valence-corrected chi connectivity index (χ1v) is 17.3. The second-order valence-corrected chi connectivity index (χ2v) is 13.7. The van der Waals surface area contributed by atoms with Crippen LogP contribution in [0.15, 0.2) is 101 Å². The highest BCUT2D eigenvalue weighted by Gasteiger charge is 2.46. The number of methoxy groups -OCH3 is 1. The van der Waals surface area contributed by atoms with Gasteiger partial charge in [-0.25, -0.2) is 15.0 Å². The number of piperidine rings is 1. The third kappa shape index (κ3) is 6.37. The Morgan fingerprint density at radius 3 is 2.50 bits per heavy atom. The lowest BCUT2D eigenvalue weighted by Gasteiger charge is -2.33. The van der Waals surface area contributed by atoms with E-state index in [-0.39, 0.29) is 18.4 Å². The predicted molar refractivity (Wildman–Crippen MR) is 187 cm³/mol. The summed E-state index contributed by atoms with van der Waals surface area (Å²) in [5, 5.41) is 23.3. The van der Waals surface area contributed by atoms with Crippen LogP contribution in [0.3, 0.4) is 0 Å². The number of hydroxylamine groups is 2. The summed E-state index contributed by atoms with van der Waals surface area (Å²) in [5.74, 6) is 1.31. The summed E-state index contributed by atoms with van der Waals surface area (Å²) in [6, 6.07) is 15.8. The number of azo groups is 1. The molecule has 1 atom stereocenters. The molecule has 1 saturated carbocycles. The van der Waals surface area contributed by atoms with Crippen molar-refractivity contribution in [2.75, 3.05) is 45.2 Å². The predicted octanol–water partition coefficient (Wildman–Crippen LogP) is 5.90. The molecule has 2 N–H and O–H groups in total. The number of hydrogen-bond donors (Lipinski definition) is 2. The monoisotopic (exact) mass is 672 g/mol. The third-order valence-corrected chi connectivity index (χ3v) is 10.5. The molecule has 0 unspecified atom stereocenters. The molecule has 3 aromatic rings. The number of allylic oxidation sites excluding steroid dienone is 4. The van der Waals surface area contributed by atoms with Crippen LogP contribution in [-0.4, -0.2) is 87.3 Å². The van der Waals surface area contributed by atoms with Crippen LogP contribution in [0.1, 0.15) is 49.1 Å². The van der Waals surface area contributed by atoms with Gasteiger partial charge in [0.2, 0.25) is 5.91 Å². The maximum absolute atomic E-state index is 13.7. The van der Waals surface area contributed by atoms with E-state index >= 15 is 0 Å². The zero-order valence-corrected chi connectivity index (χ0v) is 28.0. The Labute approximate surface area is 290 Å². The van der Waals surface area contributed by atoms with Crippen LogP contribution >= 0.6 is 0 Å². The number of nitrogens with one attached hydrogen (secondary N) is 1. The molecule has 1 aromatic heterocycles. The first-order valence-electron chi connectivity index (χ1n) is 17.3. The van der Waals surface area contributed by atoms with Gasteiger partial charge in [0.25, 0.3) is 5.91 Å². The zero-order valence-electron chi connectivity index (χ0n) is 28.0. The Bertz CT molecular complexity index is 1910. The highest BCUT2D eigenvalue weighted by molar-refractivity contribution is 5.99. The van der Waals surface area contributed by atoms with Gasteiger partial charge in [-0.3, -0.25) is 19.7 Å². The van der Waals surface area contributed by atoms with Gasteiger partial charge in [0.15, 0.2) is 11.4 Å². The Hall–Kier alpha value is -5.04. The molecule has 0 bridgehead atoms. The minimum Gasteiger partial charge on any atom is -0.367 e. The highest BCUT2D eigenvalue weighted by atomic mass is 16.5. The number of fused-ring (bicyclic) bond motifs is 1. The van der Waals surface area contributed by atoms with Crippen molar-refractivity contribution in [3.05, 3.63) is 102 Å². The van der Waals surface area contributed by atoms with E-state index in [4.69, 9.17) is 4.74 Å². The number of carbonyl (C=O) groups is 2. The van der Waals surface area contributed by atoms with E-state index in [1.165, 1.54) is 10.6 Å². The van der Waals surface area contributed by atoms with Crippen LogP contribution in [-0.2, 0) is 14.3 Å². The number of likely N-dealkylation sites (tertiary alicyclic amines) is 2. The summed E-state index contributed by atoms with van der Waals surface area (Å²) in [4.78, 5) is 39.8. The van der Waals surface area contributed by atoms with Gasteiger partial charge >= 0.3 is 0 Å². The zero-order chi connectivity index (χ0) is 34.2. The van der Waals surface area contributed by atoms with Crippen LogP contribution in [0.5, 0.6) is 0 Å². The molecular weight excluding hydrogens is 632 g/mol. The Balaban J connectivity index is 0.866. The SMILES string of the molecule is CO[C@@]1(C(=O)Nc2ccc3c(c2)/C(=C2/C=CN(O)C(C4CC4)=C2)N=N3)CCN(CC(=O)N2CCC(c3ccc(-c4ncccn4)cc3)CC2)C1. The maximum Gasteiger partial charge on any atom is 0.258 e. The number of benzene rings is 2. The molecule has 5 heterocycles. The van der Waals surface area contributed by atoms with Crippen LogP contribution in [0, 0.1) is 5.92 Å². The summed E-state index contributed by atoms with van der Waals surface area (Å²) >= 11 is 0. The molecule has 12 heteroatoms. The number of rotatable bonds is 8. The molecule has 3 fully saturated rings. The van der Waals surface area contributed by atoms with Gasteiger partial charge in [-0.05, 0) is 80.0 Å². The van der Waals surface area contributed by atoms with E-state index in [1.807, 2.05) is 46.2 Å². The van der Waals surface area contributed by atoms with Crippen molar-refractivity contribution in [3.63, 3.8) is 0 Å². The van der Waals surface area contributed by atoms with E-state index in [2.05, 4.69) is 49.8 Å². The van der Waals surface area contributed by atoms with Crippen LogP contribution < -0.4 is 5.32 Å². The minimum atomic E-state index is -1.07. The summed E-state index contributed by atoms with van der Waals surface area (Å²) < 4.78 is 5.87. The molecule has 0 spiro atoms. The third-order valence-electron chi connectivity index (χ3n) is 10.5. The second-order valence-electron chi connectivity index (χ2n) is 13.7. The molecule has 2 amide bonds. The van der Waals surface area contributed by atoms with E-state index in [1.54, 1.807) is 25.7 Å². The number of aromatic nitrogens is 2. The molecule has 50 heavy (non-hydrogen) atoms. The first kappa shape index (κ1) is 32.2. The van der Waals surface area contributed by atoms with Crippen molar-refractivity contribution in [3.8, 4) is 11.4 Å². The second kappa shape index (κ2) is 13.3.